The molecule has 7 rings (SSSR count). The van der Waals surface area contributed by atoms with E-state index in [1.165, 1.54) is 12.3 Å². The fourth-order valence-electron chi connectivity index (χ4n) is 6.20. The van der Waals surface area contributed by atoms with E-state index in [2.05, 4.69) is 39.6 Å². The van der Waals surface area contributed by atoms with Gasteiger partial charge in [0.05, 0.1) is 18.2 Å². The Morgan fingerprint density at radius 3 is 2.64 bits per heavy atom. The van der Waals surface area contributed by atoms with Crippen LogP contribution in [0, 0.1) is 23.6 Å². The number of aliphatic carboxylic acids is 1. The second kappa shape index (κ2) is 7.37. The van der Waals surface area contributed by atoms with Crippen molar-refractivity contribution in [2.24, 2.45) is 17.8 Å². The number of hydrogen-bond donors (Lipinski definition) is 2. The highest BCUT2D eigenvalue weighted by molar-refractivity contribution is 5.93. The number of fused-ring (bicyclic) bond motifs is 5. The number of carbonyl (C=O) groups is 1. The molecule has 0 unspecified atom stereocenters. The number of carboxylic acids is 1. The summed E-state index contributed by atoms with van der Waals surface area (Å²) in [7, 11) is 0. The van der Waals surface area contributed by atoms with Crippen LogP contribution in [0.1, 0.15) is 57.1 Å². The predicted octanol–water partition coefficient (Wildman–Crippen LogP) is 5.30. The van der Waals surface area contributed by atoms with Gasteiger partial charge in [0.15, 0.2) is 5.82 Å². The number of carboxylic acid groups (broad SMARTS) is 1. The van der Waals surface area contributed by atoms with Gasteiger partial charge in [-0.3, -0.25) is 4.79 Å². The summed E-state index contributed by atoms with van der Waals surface area (Å²) in [6.45, 7) is 4.26. The largest absolute Gasteiger partial charge is 0.481 e. The molecule has 4 aromatic heterocycles. The van der Waals surface area contributed by atoms with Crippen molar-refractivity contribution >= 4 is 28.0 Å². The molecule has 3 saturated carbocycles. The Morgan fingerprint density at radius 1 is 1.15 bits per heavy atom. The second-order valence-electron chi connectivity index (χ2n) is 9.86. The van der Waals surface area contributed by atoms with Gasteiger partial charge in [-0.05, 0) is 55.1 Å². The third-order valence-corrected chi connectivity index (χ3v) is 7.74. The molecule has 8 heteroatoms. The molecule has 0 spiro atoms. The molecular weight excluding hydrogens is 421 g/mol. The van der Waals surface area contributed by atoms with E-state index < -0.39 is 17.7 Å². The summed E-state index contributed by atoms with van der Waals surface area (Å²) in [5.74, 6) is -0.273. The average Bonchev–Trinajstić information content (AvgIpc) is 3.40. The third kappa shape index (κ3) is 3.07. The minimum atomic E-state index is -0.713. The van der Waals surface area contributed by atoms with E-state index in [0.29, 0.717) is 28.3 Å². The Bertz CT molecular complexity index is 1380. The van der Waals surface area contributed by atoms with Crippen LogP contribution in [-0.2, 0) is 4.79 Å². The van der Waals surface area contributed by atoms with Gasteiger partial charge in [-0.2, -0.15) is 0 Å². The molecule has 4 heterocycles. The van der Waals surface area contributed by atoms with E-state index in [1.54, 1.807) is 6.20 Å². The topological polar surface area (TPSA) is 96.7 Å². The molecule has 7 nitrogen and oxygen atoms in total. The van der Waals surface area contributed by atoms with Gasteiger partial charge in [-0.1, -0.05) is 13.8 Å². The lowest BCUT2D eigenvalue weighted by molar-refractivity contribution is -0.151. The van der Waals surface area contributed by atoms with Crippen molar-refractivity contribution in [2.75, 3.05) is 0 Å². The molecule has 33 heavy (non-hydrogen) atoms. The van der Waals surface area contributed by atoms with E-state index in [-0.39, 0.29) is 17.9 Å². The van der Waals surface area contributed by atoms with Crippen molar-refractivity contribution in [3.8, 4) is 11.4 Å². The summed E-state index contributed by atoms with van der Waals surface area (Å²) in [6, 6.07) is 1.32. The molecule has 0 aromatic carbocycles. The molecular formula is C25H26FN5O2. The van der Waals surface area contributed by atoms with E-state index in [4.69, 9.17) is 4.98 Å². The Kier molecular flexibility index (Phi) is 4.54. The molecule has 3 aliphatic carbocycles. The zero-order chi connectivity index (χ0) is 22.9. The smallest absolute Gasteiger partial charge is 0.308 e. The number of pyridine rings is 1. The fourth-order valence-corrected chi connectivity index (χ4v) is 6.20. The average molecular weight is 448 g/mol. The monoisotopic (exact) mass is 447 g/mol. The highest BCUT2D eigenvalue weighted by Crippen LogP contribution is 2.52. The Morgan fingerprint density at radius 2 is 1.91 bits per heavy atom. The van der Waals surface area contributed by atoms with Crippen molar-refractivity contribution in [1.29, 1.82) is 0 Å². The molecule has 3 aliphatic rings. The summed E-state index contributed by atoms with van der Waals surface area (Å²) in [5, 5.41) is 11.7. The number of rotatable bonds is 4. The van der Waals surface area contributed by atoms with E-state index >= 15 is 0 Å². The van der Waals surface area contributed by atoms with Crippen molar-refractivity contribution in [1.82, 2.24) is 24.5 Å². The first-order valence-corrected chi connectivity index (χ1v) is 11.7. The summed E-state index contributed by atoms with van der Waals surface area (Å²) in [4.78, 5) is 29.1. The normalized spacial score (nSPS) is 24.8. The third-order valence-electron chi connectivity index (χ3n) is 7.74. The molecule has 2 atom stereocenters. The van der Waals surface area contributed by atoms with Gasteiger partial charge in [0, 0.05) is 34.9 Å². The van der Waals surface area contributed by atoms with Crippen LogP contribution in [0.3, 0.4) is 0 Å². The molecule has 170 valence electrons. The van der Waals surface area contributed by atoms with E-state index in [9.17, 15) is 14.3 Å². The minimum Gasteiger partial charge on any atom is -0.481 e. The maximum Gasteiger partial charge on any atom is 0.308 e. The maximum atomic E-state index is 13.9. The van der Waals surface area contributed by atoms with Gasteiger partial charge in [0.25, 0.3) is 0 Å². The fraction of sp³-hybridized carbons (Fsp3) is 0.440. The van der Waals surface area contributed by atoms with Gasteiger partial charge in [0.2, 0.25) is 0 Å². The number of hydrogen-bond acceptors (Lipinski definition) is 4. The van der Waals surface area contributed by atoms with E-state index in [0.717, 1.165) is 42.3 Å². The molecule has 2 bridgehead atoms. The molecule has 0 amide bonds. The summed E-state index contributed by atoms with van der Waals surface area (Å²) < 4.78 is 16.0. The van der Waals surface area contributed by atoms with Crippen LogP contribution in [0.5, 0.6) is 0 Å². The number of halogens is 1. The maximum absolute atomic E-state index is 13.9. The quantitative estimate of drug-likeness (QED) is 0.443. The van der Waals surface area contributed by atoms with Crippen LogP contribution in [0.15, 0.2) is 30.9 Å². The Labute approximate surface area is 190 Å². The van der Waals surface area contributed by atoms with Gasteiger partial charge >= 0.3 is 5.97 Å². The van der Waals surface area contributed by atoms with Crippen LogP contribution in [0.2, 0.25) is 0 Å². The SMILES string of the molecule is CC(C)c1cn([C@@H]2C3CCC(CC3)[C@H]2C(=O)O)c2nc(-c3c[nH]c4ncc(F)cc34)ncc12. The molecule has 4 aromatic rings. The number of H-pyrrole nitrogens is 1. The van der Waals surface area contributed by atoms with Gasteiger partial charge in [0.1, 0.15) is 17.1 Å². The second-order valence-corrected chi connectivity index (χ2v) is 9.86. The number of aromatic amines is 1. The Balaban J connectivity index is 1.56. The molecule has 0 aliphatic heterocycles. The molecule has 2 N–H and O–H groups in total. The van der Waals surface area contributed by atoms with Crippen molar-refractivity contribution in [2.45, 2.75) is 51.5 Å². The molecule has 0 radical (unpaired) electrons. The standard InChI is InChI=1S/C25H26FN5O2/c1-12(2)19-11-31(21-14-5-3-13(4-6-14)20(21)25(32)33)24-18(19)10-29-23(30-24)17-9-28-22-16(17)7-15(26)8-27-22/h7-14,20-21H,3-6H2,1-2H3,(H,27,28)(H,32,33)/t13?,14?,20-,21-/m1/s1. The summed E-state index contributed by atoms with van der Waals surface area (Å²) in [5.41, 5.74) is 3.13. The van der Waals surface area contributed by atoms with Crippen LogP contribution in [0.25, 0.3) is 33.5 Å². The number of aromatic nitrogens is 5. The van der Waals surface area contributed by atoms with Gasteiger partial charge < -0.3 is 14.7 Å². The first kappa shape index (κ1) is 20.3. The zero-order valence-corrected chi connectivity index (χ0v) is 18.6. The first-order valence-electron chi connectivity index (χ1n) is 11.7. The lowest BCUT2D eigenvalue weighted by Crippen LogP contribution is -2.44. The zero-order valence-electron chi connectivity index (χ0n) is 18.6. The van der Waals surface area contributed by atoms with Crippen molar-refractivity contribution in [3.63, 3.8) is 0 Å². The van der Waals surface area contributed by atoms with Crippen LogP contribution < -0.4 is 0 Å². The Hall–Kier alpha value is -3.29. The lowest BCUT2D eigenvalue weighted by atomic mass is 9.61. The van der Waals surface area contributed by atoms with Crippen LogP contribution >= 0.6 is 0 Å². The van der Waals surface area contributed by atoms with Gasteiger partial charge in [-0.15, -0.1) is 0 Å². The van der Waals surface area contributed by atoms with Crippen LogP contribution in [0.4, 0.5) is 4.39 Å². The summed E-state index contributed by atoms with van der Waals surface area (Å²) in [6.07, 6.45) is 10.9. The van der Waals surface area contributed by atoms with Gasteiger partial charge in [-0.25, -0.2) is 19.3 Å². The highest BCUT2D eigenvalue weighted by Gasteiger charge is 2.48. The lowest BCUT2D eigenvalue weighted by Gasteiger charge is -2.47. The van der Waals surface area contributed by atoms with E-state index in [1.807, 2.05) is 6.20 Å². The predicted molar refractivity (Wildman–Crippen MR) is 122 cm³/mol. The molecule has 0 saturated heterocycles. The number of nitrogens with zero attached hydrogens (tertiary/aromatic N) is 4. The molecule has 3 fully saturated rings. The van der Waals surface area contributed by atoms with Crippen molar-refractivity contribution in [3.05, 3.63) is 42.2 Å². The van der Waals surface area contributed by atoms with Crippen LogP contribution in [-0.4, -0.2) is 35.6 Å². The first-order chi connectivity index (χ1) is 15.9. The summed E-state index contributed by atoms with van der Waals surface area (Å²) >= 11 is 0. The minimum absolute atomic E-state index is 0.116. The number of nitrogens with one attached hydrogen (secondary N) is 1. The highest BCUT2D eigenvalue weighted by atomic mass is 19.1. The van der Waals surface area contributed by atoms with Crippen molar-refractivity contribution < 1.29 is 14.3 Å².